The molecule has 208 valence electrons. The predicted molar refractivity (Wildman–Crippen MR) is 145 cm³/mol. The standard InChI is InChI=1S/C26H34ClN3O6S2/c1-2-36-25-13-12-23(17-24(25)27)38(34,35)30-16-6-7-21(19-30)26(31)28-18-20-8-10-22(11-9-20)37(32,33)29-14-4-3-5-15-29/h8-13,17,21H,2-7,14-16,18-19H2,1H3,(H,28,31)/t21-/m0/s1. The van der Waals surface area contributed by atoms with Gasteiger partial charge >= 0.3 is 0 Å². The maximum Gasteiger partial charge on any atom is 0.243 e. The fourth-order valence-corrected chi connectivity index (χ4v) is 8.17. The van der Waals surface area contributed by atoms with Crippen molar-refractivity contribution in [3.63, 3.8) is 0 Å². The van der Waals surface area contributed by atoms with E-state index >= 15 is 0 Å². The van der Waals surface area contributed by atoms with Gasteiger partial charge in [0.15, 0.2) is 0 Å². The summed E-state index contributed by atoms with van der Waals surface area (Å²) in [6.45, 7) is 3.93. The highest BCUT2D eigenvalue weighted by molar-refractivity contribution is 7.89. The lowest BCUT2D eigenvalue weighted by molar-refractivity contribution is -0.126. The van der Waals surface area contributed by atoms with Gasteiger partial charge in [0.1, 0.15) is 5.75 Å². The normalized spacial score (nSPS) is 19.7. The summed E-state index contributed by atoms with van der Waals surface area (Å²) in [6, 6.07) is 10.9. The van der Waals surface area contributed by atoms with Gasteiger partial charge in [-0.25, -0.2) is 16.8 Å². The van der Waals surface area contributed by atoms with Gasteiger partial charge in [-0.3, -0.25) is 4.79 Å². The maximum absolute atomic E-state index is 13.2. The molecule has 2 aliphatic rings. The molecule has 0 unspecified atom stereocenters. The van der Waals surface area contributed by atoms with Crippen LogP contribution in [-0.2, 0) is 31.4 Å². The number of piperidine rings is 2. The average Bonchev–Trinajstić information content (AvgIpc) is 2.93. The molecule has 2 fully saturated rings. The minimum Gasteiger partial charge on any atom is -0.492 e. The van der Waals surface area contributed by atoms with Crippen LogP contribution >= 0.6 is 11.6 Å². The lowest BCUT2D eigenvalue weighted by Crippen LogP contribution is -2.45. The van der Waals surface area contributed by atoms with Crippen molar-refractivity contribution in [2.45, 2.75) is 55.4 Å². The second-order valence-corrected chi connectivity index (χ2v) is 13.8. The summed E-state index contributed by atoms with van der Waals surface area (Å²) < 4.78 is 60.4. The molecule has 0 bridgehead atoms. The molecule has 0 spiro atoms. The molecule has 2 saturated heterocycles. The van der Waals surface area contributed by atoms with Crippen LogP contribution in [0.5, 0.6) is 5.75 Å². The van der Waals surface area contributed by atoms with Crippen LogP contribution in [0.15, 0.2) is 52.3 Å². The summed E-state index contributed by atoms with van der Waals surface area (Å²) in [7, 11) is -7.34. The van der Waals surface area contributed by atoms with Gasteiger partial charge in [0, 0.05) is 32.7 Å². The van der Waals surface area contributed by atoms with Gasteiger partial charge in [0.05, 0.1) is 27.3 Å². The fourth-order valence-electron chi connectivity index (χ4n) is 4.81. The zero-order chi connectivity index (χ0) is 27.3. The summed E-state index contributed by atoms with van der Waals surface area (Å²) >= 11 is 6.20. The van der Waals surface area contributed by atoms with E-state index in [4.69, 9.17) is 16.3 Å². The zero-order valence-electron chi connectivity index (χ0n) is 21.4. The van der Waals surface area contributed by atoms with E-state index in [-0.39, 0.29) is 33.8 Å². The fraction of sp³-hybridized carbons (Fsp3) is 0.500. The Morgan fingerprint density at radius 3 is 2.21 bits per heavy atom. The minimum absolute atomic E-state index is 0.0617. The van der Waals surface area contributed by atoms with Crippen molar-refractivity contribution < 1.29 is 26.4 Å². The molecule has 1 atom stereocenters. The number of nitrogens with zero attached hydrogens (tertiary/aromatic N) is 2. The van der Waals surface area contributed by atoms with E-state index in [2.05, 4.69) is 5.32 Å². The number of amides is 1. The second-order valence-electron chi connectivity index (χ2n) is 9.55. The van der Waals surface area contributed by atoms with Gasteiger partial charge in [-0.15, -0.1) is 0 Å². The summed E-state index contributed by atoms with van der Waals surface area (Å²) in [5, 5.41) is 3.09. The van der Waals surface area contributed by atoms with Crippen LogP contribution in [0.2, 0.25) is 5.02 Å². The topological polar surface area (TPSA) is 113 Å². The number of rotatable bonds is 9. The molecule has 2 aromatic rings. The van der Waals surface area contributed by atoms with E-state index in [1.54, 1.807) is 24.3 Å². The zero-order valence-corrected chi connectivity index (χ0v) is 23.8. The number of carbonyl (C=O) groups excluding carboxylic acids is 1. The highest BCUT2D eigenvalue weighted by Gasteiger charge is 2.33. The molecule has 1 N–H and O–H groups in total. The molecule has 9 nitrogen and oxygen atoms in total. The lowest BCUT2D eigenvalue weighted by Gasteiger charge is -2.31. The van der Waals surface area contributed by atoms with Crippen LogP contribution in [0.4, 0.5) is 0 Å². The Bertz CT molecular complexity index is 1340. The first-order chi connectivity index (χ1) is 18.1. The van der Waals surface area contributed by atoms with Crippen molar-refractivity contribution in [2.24, 2.45) is 5.92 Å². The number of ether oxygens (including phenoxy) is 1. The van der Waals surface area contributed by atoms with E-state index in [0.29, 0.717) is 44.8 Å². The smallest absolute Gasteiger partial charge is 0.243 e. The number of benzene rings is 2. The Labute approximate surface area is 230 Å². The molecule has 0 radical (unpaired) electrons. The number of carbonyl (C=O) groups is 1. The highest BCUT2D eigenvalue weighted by Crippen LogP contribution is 2.30. The van der Waals surface area contributed by atoms with Gasteiger partial charge < -0.3 is 10.1 Å². The van der Waals surface area contributed by atoms with Crippen molar-refractivity contribution >= 4 is 37.6 Å². The number of hydrogen-bond acceptors (Lipinski definition) is 6. The third kappa shape index (κ3) is 6.51. The van der Waals surface area contributed by atoms with Crippen LogP contribution in [0.3, 0.4) is 0 Å². The first-order valence-corrected chi connectivity index (χ1v) is 16.2. The van der Waals surface area contributed by atoms with Crippen LogP contribution in [0.25, 0.3) is 0 Å². The Balaban J connectivity index is 1.35. The third-order valence-electron chi connectivity index (χ3n) is 6.94. The third-order valence-corrected chi connectivity index (χ3v) is 11.0. The molecule has 4 rings (SSSR count). The van der Waals surface area contributed by atoms with Gasteiger partial charge in [-0.1, -0.05) is 30.2 Å². The monoisotopic (exact) mass is 583 g/mol. The van der Waals surface area contributed by atoms with Crippen LogP contribution in [-0.4, -0.2) is 64.1 Å². The van der Waals surface area contributed by atoms with Gasteiger partial charge in [0.25, 0.3) is 0 Å². The summed E-state index contributed by atoms with van der Waals surface area (Å²) in [4.78, 5) is 13.2. The largest absolute Gasteiger partial charge is 0.492 e. The van der Waals surface area contributed by atoms with Gasteiger partial charge in [-0.05, 0) is 68.5 Å². The van der Waals surface area contributed by atoms with E-state index in [1.807, 2.05) is 6.92 Å². The van der Waals surface area contributed by atoms with Crippen molar-refractivity contribution in [3.8, 4) is 5.75 Å². The number of hydrogen-bond donors (Lipinski definition) is 1. The molecular weight excluding hydrogens is 550 g/mol. The number of sulfonamides is 2. The first-order valence-electron chi connectivity index (χ1n) is 12.9. The Hall–Kier alpha value is -2.18. The molecular formula is C26H34ClN3O6S2. The van der Waals surface area contributed by atoms with Crippen molar-refractivity contribution in [1.29, 1.82) is 0 Å². The summed E-state index contributed by atoms with van der Waals surface area (Å²) in [6.07, 6.45) is 3.93. The summed E-state index contributed by atoms with van der Waals surface area (Å²) in [5.74, 6) is -0.309. The average molecular weight is 584 g/mol. The molecule has 38 heavy (non-hydrogen) atoms. The Kier molecular flexibility index (Phi) is 9.36. The molecule has 2 aliphatic heterocycles. The van der Waals surface area contributed by atoms with Crippen molar-refractivity contribution in [1.82, 2.24) is 13.9 Å². The minimum atomic E-state index is -3.83. The Morgan fingerprint density at radius 1 is 0.921 bits per heavy atom. The first kappa shape index (κ1) is 28.8. The predicted octanol–water partition coefficient (Wildman–Crippen LogP) is 3.63. The van der Waals surface area contributed by atoms with Crippen molar-refractivity contribution in [3.05, 3.63) is 53.1 Å². The second kappa shape index (κ2) is 12.3. The number of nitrogens with one attached hydrogen (secondary N) is 1. The van der Waals surface area contributed by atoms with Crippen LogP contribution in [0, 0.1) is 5.92 Å². The maximum atomic E-state index is 13.2. The van der Waals surface area contributed by atoms with E-state index in [0.717, 1.165) is 24.8 Å². The SMILES string of the molecule is CCOc1ccc(S(=O)(=O)N2CCC[C@H](C(=O)NCc3ccc(S(=O)(=O)N4CCCCC4)cc3)C2)cc1Cl. The van der Waals surface area contributed by atoms with Crippen LogP contribution < -0.4 is 10.1 Å². The molecule has 0 saturated carbocycles. The molecule has 0 aromatic heterocycles. The van der Waals surface area contributed by atoms with E-state index in [9.17, 15) is 21.6 Å². The quantitative estimate of drug-likeness (QED) is 0.482. The van der Waals surface area contributed by atoms with Gasteiger partial charge in [-0.2, -0.15) is 8.61 Å². The lowest BCUT2D eigenvalue weighted by atomic mass is 9.99. The number of halogens is 1. The molecule has 2 heterocycles. The van der Waals surface area contributed by atoms with E-state index < -0.39 is 26.0 Å². The molecule has 2 aromatic carbocycles. The molecule has 1 amide bonds. The van der Waals surface area contributed by atoms with Crippen molar-refractivity contribution in [2.75, 3.05) is 32.8 Å². The van der Waals surface area contributed by atoms with Crippen LogP contribution in [0.1, 0.15) is 44.6 Å². The molecule has 0 aliphatic carbocycles. The Morgan fingerprint density at radius 2 is 1.55 bits per heavy atom. The van der Waals surface area contributed by atoms with E-state index in [1.165, 1.54) is 26.8 Å². The summed E-state index contributed by atoms with van der Waals surface area (Å²) in [5.41, 5.74) is 0.764. The molecule has 12 heteroatoms. The van der Waals surface area contributed by atoms with Gasteiger partial charge in [0.2, 0.25) is 26.0 Å². The highest BCUT2D eigenvalue weighted by atomic mass is 35.5.